The molecule has 0 bridgehead atoms. The maximum Gasteiger partial charge on any atom is 0.133 e. The number of halogens is 1. The highest BCUT2D eigenvalue weighted by Crippen LogP contribution is 2.18. The molecule has 1 aliphatic rings. The molecule has 1 aromatic carbocycles. The second-order valence-electron chi connectivity index (χ2n) is 4.56. The quantitative estimate of drug-likeness (QED) is 0.901. The molecule has 3 rings (SSSR count). The monoisotopic (exact) mass is 259 g/mol. The largest absolute Gasteiger partial charge is 0.307 e. The molecule has 18 heavy (non-hydrogen) atoms. The summed E-state index contributed by atoms with van der Waals surface area (Å²) < 4.78 is 0. The van der Waals surface area contributed by atoms with Crippen molar-refractivity contribution in [1.29, 1.82) is 0 Å². The molecule has 3 nitrogen and oxygen atoms in total. The van der Waals surface area contributed by atoms with Crippen LogP contribution < -0.4 is 5.32 Å². The first-order chi connectivity index (χ1) is 8.72. The number of nitrogens with zero attached hydrogens (tertiary/aromatic N) is 2. The lowest BCUT2D eigenvalue weighted by molar-refractivity contribution is 0.755. The number of nitrogens with one attached hydrogen (secondary N) is 1. The van der Waals surface area contributed by atoms with Crippen molar-refractivity contribution in [1.82, 2.24) is 15.3 Å². The van der Waals surface area contributed by atoms with Crippen LogP contribution in [0.3, 0.4) is 0 Å². The topological polar surface area (TPSA) is 37.8 Å². The number of rotatable bonds is 2. The van der Waals surface area contributed by atoms with Crippen LogP contribution in [0.2, 0.25) is 5.02 Å². The number of hydrogen-bond donors (Lipinski definition) is 1. The Morgan fingerprint density at radius 1 is 1.28 bits per heavy atom. The van der Waals surface area contributed by atoms with Crippen LogP contribution in [0, 0.1) is 6.92 Å². The summed E-state index contributed by atoms with van der Waals surface area (Å²) in [5, 5.41) is 4.06. The maximum atomic E-state index is 5.99. The van der Waals surface area contributed by atoms with E-state index in [0.717, 1.165) is 47.3 Å². The predicted molar refractivity (Wildman–Crippen MR) is 71.6 cm³/mol. The number of aromatic nitrogens is 2. The van der Waals surface area contributed by atoms with Gasteiger partial charge in [-0.15, -0.1) is 0 Å². The number of fused-ring (bicyclic) bond motifs is 1. The molecule has 1 N–H and O–H groups in total. The van der Waals surface area contributed by atoms with Gasteiger partial charge in [0, 0.05) is 35.8 Å². The lowest BCUT2D eigenvalue weighted by atomic mass is 10.1. The standard InChI is InChI=1S/C14H14ClN3/c1-9-12-7-16-8-13(12)18-14(17-9)6-10-3-2-4-11(15)5-10/h2-5,16H,6-8H2,1H3. The highest BCUT2D eigenvalue weighted by atomic mass is 35.5. The Morgan fingerprint density at radius 2 is 2.17 bits per heavy atom. The van der Waals surface area contributed by atoms with Gasteiger partial charge >= 0.3 is 0 Å². The Morgan fingerprint density at radius 3 is 3.00 bits per heavy atom. The second kappa shape index (κ2) is 4.67. The van der Waals surface area contributed by atoms with Crippen LogP contribution in [0.4, 0.5) is 0 Å². The van der Waals surface area contributed by atoms with E-state index in [-0.39, 0.29) is 0 Å². The van der Waals surface area contributed by atoms with Crippen LogP contribution in [0.5, 0.6) is 0 Å². The van der Waals surface area contributed by atoms with Crippen molar-refractivity contribution < 1.29 is 0 Å². The summed E-state index contributed by atoms with van der Waals surface area (Å²) in [4.78, 5) is 9.20. The van der Waals surface area contributed by atoms with Gasteiger partial charge in [0.2, 0.25) is 0 Å². The van der Waals surface area contributed by atoms with E-state index in [9.17, 15) is 0 Å². The average Bonchev–Trinajstić information content (AvgIpc) is 2.77. The minimum Gasteiger partial charge on any atom is -0.307 e. The fourth-order valence-corrected chi connectivity index (χ4v) is 2.52. The van der Waals surface area contributed by atoms with Gasteiger partial charge in [-0.25, -0.2) is 9.97 Å². The van der Waals surface area contributed by atoms with Crippen molar-refractivity contribution in [2.24, 2.45) is 0 Å². The molecule has 4 heteroatoms. The molecule has 0 spiro atoms. The molecule has 0 aliphatic carbocycles. The first-order valence-corrected chi connectivity index (χ1v) is 6.40. The van der Waals surface area contributed by atoms with Crippen molar-refractivity contribution >= 4 is 11.6 Å². The van der Waals surface area contributed by atoms with Crippen LogP contribution in [0.15, 0.2) is 24.3 Å². The van der Waals surface area contributed by atoms with Crippen LogP contribution in [-0.4, -0.2) is 9.97 Å². The van der Waals surface area contributed by atoms with Crippen LogP contribution in [0.1, 0.15) is 28.3 Å². The molecule has 0 fully saturated rings. The fourth-order valence-electron chi connectivity index (χ4n) is 2.31. The molecule has 2 aromatic rings. The molecule has 0 saturated carbocycles. The van der Waals surface area contributed by atoms with E-state index in [4.69, 9.17) is 11.6 Å². The molecule has 1 aliphatic heterocycles. The van der Waals surface area contributed by atoms with E-state index in [1.165, 1.54) is 5.56 Å². The van der Waals surface area contributed by atoms with Gasteiger partial charge in [-0.2, -0.15) is 0 Å². The van der Waals surface area contributed by atoms with Crippen molar-refractivity contribution in [2.75, 3.05) is 0 Å². The van der Waals surface area contributed by atoms with Crippen LogP contribution in [0.25, 0.3) is 0 Å². The van der Waals surface area contributed by atoms with Crippen molar-refractivity contribution in [3.8, 4) is 0 Å². The maximum absolute atomic E-state index is 5.99. The second-order valence-corrected chi connectivity index (χ2v) is 5.00. The van der Waals surface area contributed by atoms with Gasteiger partial charge in [-0.3, -0.25) is 0 Å². The molecule has 2 heterocycles. The average molecular weight is 260 g/mol. The summed E-state index contributed by atoms with van der Waals surface area (Å²) in [6.07, 6.45) is 0.731. The lowest BCUT2D eigenvalue weighted by Gasteiger charge is -2.06. The van der Waals surface area contributed by atoms with Gasteiger partial charge in [0.25, 0.3) is 0 Å². The SMILES string of the molecule is Cc1nc(Cc2cccc(Cl)c2)nc2c1CNC2. The van der Waals surface area contributed by atoms with E-state index in [1.54, 1.807) is 0 Å². The Balaban J connectivity index is 1.92. The van der Waals surface area contributed by atoms with Gasteiger partial charge in [0.05, 0.1) is 5.69 Å². The summed E-state index contributed by atoms with van der Waals surface area (Å²) in [5.74, 6) is 0.872. The van der Waals surface area contributed by atoms with Gasteiger partial charge in [0.1, 0.15) is 5.82 Å². The Kier molecular flexibility index (Phi) is 3.02. The molecular weight excluding hydrogens is 246 g/mol. The first kappa shape index (κ1) is 11.6. The fraction of sp³-hybridized carbons (Fsp3) is 0.286. The number of aryl methyl sites for hydroxylation is 1. The minimum absolute atomic E-state index is 0.731. The third-order valence-corrected chi connectivity index (χ3v) is 3.43. The normalized spacial score (nSPS) is 13.7. The third kappa shape index (κ3) is 2.24. The predicted octanol–water partition coefficient (Wildman–Crippen LogP) is 2.63. The zero-order valence-corrected chi connectivity index (χ0v) is 11.0. The Hall–Kier alpha value is -1.45. The van der Waals surface area contributed by atoms with E-state index in [0.29, 0.717) is 0 Å². The first-order valence-electron chi connectivity index (χ1n) is 6.03. The molecule has 0 amide bonds. The van der Waals surface area contributed by atoms with Crippen molar-refractivity contribution in [3.05, 3.63) is 57.6 Å². The van der Waals surface area contributed by atoms with Gasteiger partial charge in [0.15, 0.2) is 0 Å². The Labute approximate surface area is 111 Å². The van der Waals surface area contributed by atoms with E-state index in [1.807, 2.05) is 18.2 Å². The summed E-state index contributed by atoms with van der Waals surface area (Å²) >= 11 is 5.99. The minimum atomic E-state index is 0.731. The van der Waals surface area contributed by atoms with Crippen LogP contribution >= 0.6 is 11.6 Å². The van der Waals surface area contributed by atoms with Gasteiger partial charge < -0.3 is 5.32 Å². The van der Waals surface area contributed by atoms with Crippen LogP contribution in [-0.2, 0) is 19.5 Å². The highest BCUT2D eigenvalue weighted by molar-refractivity contribution is 6.30. The van der Waals surface area contributed by atoms with E-state index >= 15 is 0 Å². The smallest absolute Gasteiger partial charge is 0.133 e. The summed E-state index contributed by atoms with van der Waals surface area (Å²) in [6.45, 7) is 3.79. The van der Waals surface area contributed by atoms with Crippen molar-refractivity contribution in [2.45, 2.75) is 26.4 Å². The zero-order chi connectivity index (χ0) is 12.5. The summed E-state index contributed by atoms with van der Waals surface area (Å²) in [6, 6.07) is 7.85. The molecule has 0 atom stereocenters. The van der Waals surface area contributed by atoms with Gasteiger partial charge in [-0.1, -0.05) is 23.7 Å². The number of benzene rings is 1. The molecule has 0 unspecified atom stereocenters. The van der Waals surface area contributed by atoms with E-state index in [2.05, 4.69) is 28.3 Å². The zero-order valence-electron chi connectivity index (χ0n) is 10.2. The molecule has 0 saturated heterocycles. The summed E-state index contributed by atoms with van der Waals surface area (Å²) in [7, 11) is 0. The molecule has 92 valence electrons. The summed E-state index contributed by atoms with van der Waals surface area (Å²) in [5.41, 5.74) is 4.62. The van der Waals surface area contributed by atoms with Crippen molar-refractivity contribution in [3.63, 3.8) is 0 Å². The third-order valence-electron chi connectivity index (χ3n) is 3.19. The molecule has 1 aromatic heterocycles. The number of hydrogen-bond acceptors (Lipinski definition) is 3. The van der Waals surface area contributed by atoms with Gasteiger partial charge in [-0.05, 0) is 24.6 Å². The lowest BCUT2D eigenvalue weighted by Crippen LogP contribution is -2.04. The van der Waals surface area contributed by atoms with E-state index < -0.39 is 0 Å². The molecule has 0 radical (unpaired) electrons. The highest BCUT2D eigenvalue weighted by Gasteiger charge is 2.16. The molecular formula is C14H14ClN3. The Bertz CT molecular complexity index is 596.